The van der Waals surface area contributed by atoms with E-state index >= 15 is 0 Å². The molecule has 1 N–H and O–H groups in total. The Balaban J connectivity index is 2.09. The molecule has 0 unspecified atom stereocenters. The maximum atomic E-state index is 5.44. The van der Waals surface area contributed by atoms with Crippen molar-refractivity contribution in [1.29, 1.82) is 0 Å². The second-order valence-electron chi connectivity index (χ2n) is 3.95. The van der Waals surface area contributed by atoms with E-state index in [9.17, 15) is 0 Å². The Morgan fingerprint density at radius 1 is 1.47 bits per heavy atom. The van der Waals surface area contributed by atoms with Crippen LogP contribution in [-0.4, -0.2) is 23.8 Å². The average Bonchev–Trinajstić information content (AvgIpc) is 2.65. The Morgan fingerprint density at radius 2 is 2.27 bits per heavy atom. The highest BCUT2D eigenvalue weighted by atomic mass is 16.5. The van der Waals surface area contributed by atoms with Crippen molar-refractivity contribution in [2.24, 2.45) is 0 Å². The Labute approximate surface area is 92.4 Å². The number of hydrogen-bond donors (Lipinski definition) is 1. The van der Waals surface area contributed by atoms with Crippen molar-refractivity contribution in [1.82, 2.24) is 9.88 Å². The van der Waals surface area contributed by atoms with Gasteiger partial charge in [-0.3, -0.25) is 0 Å². The lowest BCUT2D eigenvalue weighted by Gasteiger charge is -2.07. The lowest BCUT2D eigenvalue weighted by Crippen LogP contribution is -2.20. The summed E-state index contributed by atoms with van der Waals surface area (Å²) in [7, 11) is 0. The summed E-state index contributed by atoms with van der Waals surface area (Å²) >= 11 is 0. The minimum absolute atomic E-state index is 0.327. The van der Waals surface area contributed by atoms with Gasteiger partial charge >= 0.3 is 0 Å². The van der Waals surface area contributed by atoms with Gasteiger partial charge in [0.2, 0.25) is 0 Å². The molecule has 1 heterocycles. The van der Waals surface area contributed by atoms with E-state index in [0.29, 0.717) is 6.10 Å². The zero-order valence-electron chi connectivity index (χ0n) is 9.99. The van der Waals surface area contributed by atoms with Crippen molar-refractivity contribution in [2.75, 3.05) is 13.2 Å². The van der Waals surface area contributed by atoms with Crippen molar-refractivity contribution < 1.29 is 4.74 Å². The molecule has 3 nitrogen and oxygen atoms in total. The van der Waals surface area contributed by atoms with E-state index < -0.39 is 0 Å². The smallest absolute Gasteiger partial charge is 0.0594 e. The summed E-state index contributed by atoms with van der Waals surface area (Å²) in [6.07, 6.45) is 4.62. The molecule has 0 saturated carbocycles. The molecule has 0 spiro atoms. The maximum absolute atomic E-state index is 5.44. The van der Waals surface area contributed by atoms with E-state index in [1.807, 2.05) is 0 Å². The highest BCUT2D eigenvalue weighted by molar-refractivity contribution is 5.09. The Bertz CT molecular complexity index is 268. The van der Waals surface area contributed by atoms with Gasteiger partial charge in [-0.15, -0.1) is 0 Å². The lowest BCUT2D eigenvalue weighted by molar-refractivity contribution is 0.0807. The van der Waals surface area contributed by atoms with Crippen molar-refractivity contribution in [2.45, 2.75) is 40.0 Å². The number of rotatable bonds is 7. The summed E-state index contributed by atoms with van der Waals surface area (Å²) in [5, 5.41) is 3.36. The summed E-state index contributed by atoms with van der Waals surface area (Å²) in [5.41, 5.74) is 1.33. The number of ether oxygens (including phenoxy) is 1. The SMILES string of the molecule is CCn1ccc(CNCCOC(C)C)c1. The van der Waals surface area contributed by atoms with Gasteiger partial charge in [0.05, 0.1) is 12.7 Å². The molecule has 0 aliphatic heterocycles. The number of nitrogens with zero attached hydrogens (tertiary/aromatic N) is 1. The molecule has 0 aliphatic rings. The minimum atomic E-state index is 0.327. The first-order valence-corrected chi connectivity index (χ1v) is 5.69. The fourth-order valence-corrected chi connectivity index (χ4v) is 1.39. The molecule has 1 aromatic rings. The monoisotopic (exact) mass is 210 g/mol. The highest BCUT2D eigenvalue weighted by Crippen LogP contribution is 2.00. The molecular weight excluding hydrogens is 188 g/mol. The summed E-state index contributed by atoms with van der Waals surface area (Å²) in [5.74, 6) is 0. The fourth-order valence-electron chi connectivity index (χ4n) is 1.39. The first-order valence-electron chi connectivity index (χ1n) is 5.69. The molecule has 0 saturated heterocycles. The van der Waals surface area contributed by atoms with E-state index in [2.05, 4.69) is 49.1 Å². The van der Waals surface area contributed by atoms with Crippen LogP contribution in [0.3, 0.4) is 0 Å². The Morgan fingerprint density at radius 3 is 2.87 bits per heavy atom. The van der Waals surface area contributed by atoms with E-state index in [1.165, 1.54) is 5.56 Å². The Hall–Kier alpha value is -0.800. The van der Waals surface area contributed by atoms with Crippen molar-refractivity contribution >= 4 is 0 Å². The van der Waals surface area contributed by atoms with E-state index in [1.54, 1.807) is 0 Å². The number of aryl methyl sites for hydroxylation is 1. The zero-order valence-corrected chi connectivity index (χ0v) is 9.99. The topological polar surface area (TPSA) is 26.2 Å². The molecule has 3 heteroatoms. The van der Waals surface area contributed by atoms with Gasteiger partial charge in [0, 0.05) is 32.0 Å². The number of hydrogen-bond acceptors (Lipinski definition) is 2. The van der Waals surface area contributed by atoms with Gasteiger partial charge in [0.15, 0.2) is 0 Å². The number of nitrogens with one attached hydrogen (secondary N) is 1. The molecule has 0 fully saturated rings. The van der Waals surface area contributed by atoms with Gasteiger partial charge in [0.25, 0.3) is 0 Å². The minimum Gasteiger partial charge on any atom is -0.377 e. The van der Waals surface area contributed by atoms with Crippen LogP contribution in [0.15, 0.2) is 18.5 Å². The Kier molecular flexibility index (Phi) is 5.43. The molecule has 1 aromatic heterocycles. The van der Waals surface area contributed by atoms with Gasteiger partial charge in [-0.2, -0.15) is 0 Å². The van der Waals surface area contributed by atoms with Crippen LogP contribution in [0.4, 0.5) is 0 Å². The molecule has 0 bridgehead atoms. The third-order valence-corrected chi connectivity index (χ3v) is 2.24. The quantitative estimate of drug-likeness (QED) is 0.697. The standard InChI is InChI=1S/C12H22N2O/c1-4-14-7-5-12(10-14)9-13-6-8-15-11(2)3/h5,7,10-11,13H,4,6,8-9H2,1-3H3. The average molecular weight is 210 g/mol. The van der Waals surface area contributed by atoms with Crippen LogP contribution >= 0.6 is 0 Å². The van der Waals surface area contributed by atoms with Gasteiger partial charge in [-0.05, 0) is 32.4 Å². The normalized spacial score (nSPS) is 11.2. The third-order valence-electron chi connectivity index (χ3n) is 2.24. The maximum Gasteiger partial charge on any atom is 0.0594 e. The van der Waals surface area contributed by atoms with Crippen LogP contribution in [0.2, 0.25) is 0 Å². The van der Waals surface area contributed by atoms with Gasteiger partial charge in [0.1, 0.15) is 0 Å². The second kappa shape index (κ2) is 6.64. The molecule has 0 radical (unpaired) electrons. The molecule has 15 heavy (non-hydrogen) atoms. The van der Waals surface area contributed by atoms with Gasteiger partial charge in [-0.1, -0.05) is 0 Å². The van der Waals surface area contributed by atoms with E-state index in [0.717, 1.165) is 26.2 Å². The molecule has 0 amide bonds. The van der Waals surface area contributed by atoms with E-state index in [4.69, 9.17) is 4.74 Å². The highest BCUT2D eigenvalue weighted by Gasteiger charge is 1.96. The van der Waals surface area contributed by atoms with Gasteiger partial charge < -0.3 is 14.6 Å². The zero-order chi connectivity index (χ0) is 11.1. The van der Waals surface area contributed by atoms with E-state index in [-0.39, 0.29) is 0 Å². The third kappa shape index (κ3) is 5.00. The van der Waals surface area contributed by atoms with Crippen LogP contribution in [0, 0.1) is 0 Å². The summed E-state index contributed by atoms with van der Waals surface area (Å²) in [6, 6.07) is 2.15. The lowest BCUT2D eigenvalue weighted by atomic mass is 10.3. The van der Waals surface area contributed by atoms with Crippen LogP contribution in [0.25, 0.3) is 0 Å². The van der Waals surface area contributed by atoms with Crippen molar-refractivity contribution in [3.8, 4) is 0 Å². The largest absolute Gasteiger partial charge is 0.377 e. The summed E-state index contributed by atoms with van der Waals surface area (Å²) in [4.78, 5) is 0. The molecular formula is C12H22N2O. The van der Waals surface area contributed by atoms with Crippen LogP contribution in [0.5, 0.6) is 0 Å². The first-order chi connectivity index (χ1) is 7.22. The second-order valence-corrected chi connectivity index (χ2v) is 3.95. The summed E-state index contributed by atoms with van der Waals surface area (Å²) < 4.78 is 7.62. The summed E-state index contributed by atoms with van der Waals surface area (Å²) in [6.45, 7) is 9.92. The van der Waals surface area contributed by atoms with Crippen molar-refractivity contribution in [3.05, 3.63) is 24.0 Å². The predicted molar refractivity (Wildman–Crippen MR) is 62.9 cm³/mol. The molecule has 86 valence electrons. The van der Waals surface area contributed by atoms with Crippen molar-refractivity contribution in [3.63, 3.8) is 0 Å². The fraction of sp³-hybridized carbons (Fsp3) is 0.667. The predicted octanol–water partition coefficient (Wildman–Crippen LogP) is 2.02. The van der Waals surface area contributed by atoms with Crippen LogP contribution < -0.4 is 5.32 Å². The molecule has 0 aromatic carbocycles. The van der Waals surface area contributed by atoms with Gasteiger partial charge in [-0.25, -0.2) is 0 Å². The number of aromatic nitrogens is 1. The van der Waals surface area contributed by atoms with Crippen LogP contribution in [-0.2, 0) is 17.8 Å². The van der Waals surface area contributed by atoms with Crippen LogP contribution in [0.1, 0.15) is 26.3 Å². The molecule has 1 rings (SSSR count). The molecule has 0 aliphatic carbocycles. The molecule has 0 atom stereocenters. The first kappa shape index (κ1) is 12.3.